The molecule has 0 aliphatic rings. The van der Waals surface area contributed by atoms with Gasteiger partial charge in [-0.2, -0.15) is 0 Å². The Morgan fingerprint density at radius 2 is 0.375 bits per heavy atom. The van der Waals surface area contributed by atoms with Gasteiger partial charge in [-0.3, -0.25) is 0 Å². The van der Waals surface area contributed by atoms with Gasteiger partial charge in [-0.05, 0) is 119 Å². The van der Waals surface area contributed by atoms with Crippen molar-refractivity contribution in [2.75, 3.05) is 0 Å². The number of rotatable bonds is 2. The SMILES string of the molecule is c1cc2ccc3ccc(-c4ccc5ccc6c(-c7ccc8ccc9cccc%10ccc7c8c9%10)ccc7ccc4c5c76)c4ccc(c1)c2c34. The van der Waals surface area contributed by atoms with Gasteiger partial charge in [0, 0.05) is 0 Å². The molecular weight excluding hydrogens is 577 g/mol. The quantitative estimate of drug-likeness (QED) is 0.173. The highest BCUT2D eigenvalue weighted by Gasteiger charge is 2.19. The zero-order valence-electron chi connectivity index (χ0n) is 26.0. The van der Waals surface area contributed by atoms with E-state index in [1.54, 1.807) is 0 Å². The average molecular weight is 603 g/mol. The van der Waals surface area contributed by atoms with Crippen molar-refractivity contribution < 1.29 is 0 Å². The Balaban J connectivity index is 1.16. The van der Waals surface area contributed by atoms with Crippen LogP contribution >= 0.6 is 0 Å². The van der Waals surface area contributed by atoms with Crippen molar-refractivity contribution in [3.05, 3.63) is 158 Å². The summed E-state index contributed by atoms with van der Waals surface area (Å²) in [5.41, 5.74) is 5.18. The molecule has 0 aromatic heterocycles. The highest BCUT2D eigenvalue weighted by Crippen LogP contribution is 2.47. The van der Waals surface area contributed by atoms with Gasteiger partial charge in [0.2, 0.25) is 0 Å². The lowest BCUT2D eigenvalue weighted by molar-refractivity contribution is 1.71. The minimum Gasteiger partial charge on any atom is -0.0610 e. The topological polar surface area (TPSA) is 0 Å². The summed E-state index contributed by atoms with van der Waals surface area (Å²) in [6.45, 7) is 0. The van der Waals surface area contributed by atoms with Crippen LogP contribution in [0.5, 0.6) is 0 Å². The second-order valence-electron chi connectivity index (χ2n) is 13.6. The van der Waals surface area contributed by atoms with Crippen LogP contribution in [-0.4, -0.2) is 0 Å². The Bertz CT molecular complexity index is 3020. The smallest absolute Gasteiger partial charge is 0.00203 e. The zero-order chi connectivity index (χ0) is 31.1. The van der Waals surface area contributed by atoms with E-state index in [0.29, 0.717) is 0 Å². The Hall–Kier alpha value is -6.24. The van der Waals surface area contributed by atoms with E-state index < -0.39 is 0 Å². The molecule has 0 aliphatic carbocycles. The summed E-state index contributed by atoms with van der Waals surface area (Å²) >= 11 is 0. The summed E-state index contributed by atoms with van der Waals surface area (Å²) in [4.78, 5) is 0. The van der Waals surface area contributed by atoms with E-state index in [4.69, 9.17) is 0 Å². The fourth-order valence-corrected chi connectivity index (χ4v) is 9.21. The number of hydrogen-bond acceptors (Lipinski definition) is 0. The summed E-state index contributed by atoms with van der Waals surface area (Å²) in [6.07, 6.45) is 0. The molecule has 0 unspecified atom stereocenters. The maximum absolute atomic E-state index is 2.35. The second kappa shape index (κ2) is 8.76. The van der Waals surface area contributed by atoms with Crippen molar-refractivity contribution in [1.29, 1.82) is 0 Å². The van der Waals surface area contributed by atoms with Crippen molar-refractivity contribution >= 4 is 97.0 Å². The van der Waals surface area contributed by atoms with Gasteiger partial charge in [0.15, 0.2) is 0 Å². The van der Waals surface area contributed by atoms with E-state index in [1.807, 2.05) is 0 Å². The largest absolute Gasteiger partial charge is 0.0610 e. The molecule has 12 aromatic rings. The van der Waals surface area contributed by atoms with Crippen LogP contribution in [0, 0.1) is 0 Å². The van der Waals surface area contributed by atoms with Crippen molar-refractivity contribution in [3.63, 3.8) is 0 Å². The van der Waals surface area contributed by atoms with Crippen molar-refractivity contribution in [3.8, 4) is 22.3 Å². The lowest BCUT2D eigenvalue weighted by atomic mass is 9.84. The molecule has 0 bridgehead atoms. The fourth-order valence-electron chi connectivity index (χ4n) is 9.21. The molecule has 48 heavy (non-hydrogen) atoms. The first-order valence-electron chi connectivity index (χ1n) is 16.8. The van der Waals surface area contributed by atoms with E-state index in [-0.39, 0.29) is 0 Å². The molecule has 12 rings (SSSR count). The van der Waals surface area contributed by atoms with E-state index >= 15 is 0 Å². The van der Waals surface area contributed by atoms with Crippen LogP contribution in [0.2, 0.25) is 0 Å². The van der Waals surface area contributed by atoms with Crippen LogP contribution in [0.4, 0.5) is 0 Å². The molecule has 0 saturated carbocycles. The molecule has 0 heterocycles. The third-order valence-corrected chi connectivity index (χ3v) is 11.3. The van der Waals surface area contributed by atoms with Gasteiger partial charge in [-0.1, -0.05) is 158 Å². The molecule has 0 spiro atoms. The summed E-state index contributed by atoms with van der Waals surface area (Å²) < 4.78 is 0. The fraction of sp³-hybridized carbons (Fsp3) is 0. The van der Waals surface area contributed by atoms with Crippen LogP contribution in [0.15, 0.2) is 158 Å². The van der Waals surface area contributed by atoms with Crippen LogP contribution < -0.4 is 0 Å². The molecule has 12 aromatic carbocycles. The first-order chi connectivity index (χ1) is 23.8. The Labute approximate surface area is 276 Å². The number of benzene rings is 12. The molecule has 218 valence electrons. The van der Waals surface area contributed by atoms with Gasteiger partial charge in [-0.25, -0.2) is 0 Å². The maximum atomic E-state index is 2.35. The Morgan fingerprint density at radius 3 is 0.667 bits per heavy atom. The summed E-state index contributed by atoms with van der Waals surface area (Å²) in [6, 6.07) is 59.7. The Kier molecular flexibility index (Phi) is 4.55. The molecule has 0 heteroatoms. The van der Waals surface area contributed by atoms with Crippen molar-refractivity contribution in [2.45, 2.75) is 0 Å². The lowest BCUT2D eigenvalue weighted by Crippen LogP contribution is -1.92. The molecule has 0 saturated heterocycles. The minimum absolute atomic E-state index is 1.29. The van der Waals surface area contributed by atoms with Crippen LogP contribution in [0.25, 0.3) is 119 Å². The third-order valence-electron chi connectivity index (χ3n) is 11.3. The first-order valence-corrected chi connectivity index (χ1v) is 16.8. The zero-order valence-corrected chi connectivity index (χ0v) is 26.0. The minimum atomic E-state index is 1.29. The standard InChI is InChI=1S/C48H26/c1-3-27-7-9-31-11-19-35(39-23-15-29(5-1)43(27)45(31)39)37-21-13-33-18-26-42-38(22-14-34-17-25-41(37)47(33)48(34)42)36-20-12-32-10-8-28-4-2-6-30-16-24-40(36)46(32)44(28)30/h1-26H. The average Bonchev–Trinajstić information content (AvgIpc) is 3.15. The van der Waals surface area contributed by atoms with Gasteiger partial charge >= 0.3 is 0 Å². The highest BCUT2D eigenvalue weighted by molar-refractivity contribution is 6.32. The van der Waals surface area contributed by atoms with Crippen LogP contribution in [0.1, 0.15) is 0 Å². The molecule has 0 amide bonds. The van der Waals surface area contributed by atoms with Gasteiger partial charge in [0.25, 0.3) is 0 Å². The molecule has 0 fully saturated rings. The van der Waals surface area contributed by atoms with Gasteiger partial charge < -0.3 is 0 Å². The van der Waals surface area contributed by atoms with Gasteiger partial charge in [-0.15, -0.1) is 0 Å². The monoisotopic (exact) mass is 602 g/mol. The van der Waals surface area contributed by atoms with Gasteiger partial charge in [0.1, 0.15) is 0 Å². The van der Waals surface area contributed by atoms with Crippen molar-refractivity contribution in [2.24, 2.45) is 0 Å². The van der Waals surface area contributed by atoms with Crippen LogP contribution in [0.3, 0.4) is 0 Å². The molecule has 0 N–H and O–H groups in total. The summed E-state index contributed by atoms with van der Waals surface area (Å²) in [7, 11) is 0. The molecule has 0 nitrogen and oxygen atoms in total. The summed E-state index contributed by atoms with van der Waals surface area (Å²) in [5, 5.41) is 23.8. The first kappa shape index (κ1) is 24.9. The predicted octanol–water partition coefficient (Wildman–Crippen LogP) is 13.7. The highest BCUT2D eigenvalue weighted by atomic mass is 14.2. The van der Waals surface area contributed by atoms with Crippen molar-refractivity contribution in [1.82, 2.24) is 0 Å². The second-order valence-corrected chi connectivity index (χ2v) is 13.6. The summed E-state index contributed by atoms with van der Waals surface area (Å²) in [5.74, 6) is 0. The Morgan fingerprint density at radius 1 is 0.167 bits per heavy atom. The van der Waals surface area contributed by atoms with E-state index in [9.17, 15) is 0 Å². The molecule has 0 aliphatic heterocycles. The third kappa shape index (κ3) is 3.06. The predicted molar refractivity (Wildman–Crippen MR) is 208 cm³/mol. The van der Waals surface area contributed by atoms with E-state index in [1.165, 1.54) is 119 Å². The van der Waals surface area contributed by atoms with E-state index in [0.717, 1.165) is 0 Å². The lowest BCUT2D eigenvalue weighted by Gasteiger charge is -2.19. The van der Waals surface area contributed by atoms with Crippen LogP contribution in [-0.2, 0) is 0 Å². The van der Waals surface area contributed by atoms with Gasteiger partial charge in [0.05, 0.1) is 0 Å². The number of hydrogen-bond donors (Lipinski definition) is 0. The molecule has 0 radical (unpaired) electrons. The van der Waals surface area contributed by atoms with E-state index in [2.05, 4.69) is 158 Å². The maximum Gasteiger partial charge on any atom is -0.00203 e. The molecular formula is C48H26. The normalized spacial score (nSPS) is 12.6. The molecule has 0 atom stereocenters.